The average molecular weight is 247 g/mol. The van der Waals surface area contributed by atoms with Crippen LogP contribution in [0.1, 0.15) is 18.1 Å². The summed E-state index contributed by atoms with van der Waals surface area (Å²) >= 11 is 0. The Bertz CT molecular complexity index is 672. The molecule has 0 radical (unpaired) electrons. The van der Waals surface area contributed by atoms with E-state index in [1.807, 2.05) is 19.9 Å². The first kappa shape index (κ1) is 12.2. The van der Waals surface area contributed by atoms with E-state index in [-0.39, 0.29) is 11.3 Å². The Hall–Kier alpha value is -2.30. The fourth-order valence-electron chi connectivity index (χ4n) is 2.04. The second kappa shape index (κ2) is 4.52. The third kappa shape index (κ3) is 2.20. The number of carbonyl (C=O) groups is 1. The van der Waals surface area contributed by atoms with E-state index < -0.39 is 6.16 Å². The number of hydrogen-bond acceptors (Lipinski definition) is 3. The number of pyridine rings is 1. The van der Waals surface area contributed by atoms with E-state index in [4.69, 9.17) is 5.11 Å². The van der Waals surface area contributed by atoms with Gasteiger partial charge in [0, 0.05) is 11.5 Å². The van der Waals surface area contributed by atoms with Crippen LogP contribution in [0.3, 0.4) is 0 Å². The van der Waals surface area contributed by atoms with Crippen LogP contribution in [0.5, 0.6) is 5.88 Å². The van der Waals surface area contributed by atoms with Crippen LogP contribution in [-0.2, 0) is 6.42 Å². The molecule has 5 nitrogen and oxygen atoms in total. The van der Waals surface area contributed by atoms with Gasteiger partial charge in [-0.2, -0.15) is 0 Å². The summed E-state index contributed by atoms with van der Waals surface area (Å²) in [5.41, 5.74) is 2.29. The molecule has 5 heteroatoms. The smallest absolute Gasteiger partial charge is 0.449 e. The maximum Gasteiger partial charge on any atom is 0.512 e. The molecule has 2 aromatic rings. The van der Waals surface area contributed by atoms with Gasteiger partial charge < -0.3 is 14.8 Å². The molecule has 0 atom stereocenters. The summed E-state index contributed by atoms with van der Waals surface area (Å²) in [6, 6.07) is 4.91. The largest absolute Gasteiger partial charge is 0.512 e. The third-order valence-corrected chi connectivity index (χ3v) is 2.71. The van der Waals surface area contributed by atoms with Gasteiger partial charge in [0.15, 0.2) is 5.43 Å². The zero-order chi connectivity index (χ0) is 13.3. The lowest BCUT2D eigenvalue weighted by Crippen LogP contribution is -2.10. The van der Waals surface area contributed by atoms with Crippen molar-refractivity contribution < 1.29 is 14.6 Å². The van der Waals surface area contributed by atoms with Gasteiger partial charge in [0.25, 0.3) is 0 Å². The van der Waals surface area contributed by atoms with Gasteiger partial charge in [0.1, 0.15) is 0 Å². The number of hydrogen-bond donors (Lipinski definition) is 2. The van der Waals surface area contributed by atoms with Crippen molar-refractivity contribution in [1.82, 2.24) is 4.98 Å². The van der Waals surface area contributed by atoms with E-state index in [9.17, 15) is 9.59 Å². The molecule has 0 aliphatic carbocycles. The molecule has 0 aliphatic heterocycles. The summed E-state index contributed by atoms with van der Waals surface area (Å²) in [6.07, 6.45) is -0.714. The van der Waals surface area contributed by atoms with Gasteiger partial charge in [-0.1, -0.05) is 13.0 Å². The molecular weight excluding hydrogens is 234 g/mol. The van der Waals surface area contributed by atoms with Crippen LogP contribution in [0.15, 0.2) is 23.0 Å². The molecule has 0 aliphatic rings. The SMILES string of the molecule is CCc1cc(C)cc2[nH]c(OC(=O)O)cc(=O)c12. The van der Waals surface area contributed by atoms with Crippen LogP contribution in [0.4, 0.5) is 4.79 Å². The summed E-state index contributed by atoms with van der Waals surface area (Å²) < 4.78 is 4.48. The standard InChI is InChI=1S/C13H13NO4/c1-3-8-4-7(2)5-9-12(8)10(15)6-11(14-9)18-13(16)17/h4-6H,3H2,1-2H3,(H,14,15)(H,16,17). The zero-order valence-corrected chi connectivity index (χ0v) is 10.1. The van der Waals surface area contributed by atoms with E-state index in [0.29, 0.717) is 10.9 Å². The first-order valence-electron chi connectivity index (χ1n) is 5.58. The first-order chi connectivity index (χ1) is 8.51. The van der Waals surface area contributed by atoms with Crippen LogP contribution in [0.2, 0.25) is 0 Å². The van der Waals surface area contributed by atoms with Crippen molar-refractivity contribution in [3.05, 3.63) is 39.5 Å². The van der Waals surface area contributed by atoms with Gasteiger partial charge in [0.2, 0.25) is 5.88 Å². The Labute approximate surface area is 103 Å². The van der Waals surface area contributed by atoms with Crippen molar-refractivity contribution >= 4 is 17.1 Å². The van der Waals surface area contributed by atoms with Crippen molar-refractivity contribution in [3.8, 4) is 5.88 Å². The summed E-state index contributed by atoms with van der Waals surface area (Å²) in [4.78, 5) is 25.3. The van der Waals surface area contributed by atoms with Gasteiger partial charge in [-0.25, -0.2) is 4.79 Å². The number of ether oxygens (including phenoxy) is 1. The number of fused-ring (bicyclic) bond motifs is 1. The Balaban J connectivity index is 2.73. The van der Waals surface area contributed by atoms with Crippen LogP contribution in [0.25, 0.3) is 10.9 Å². The predicted molar refractivity (Wildman–Crippen MR) is 67.3 cm³/mol. The van der Waals surface area contributed by atoms with Crippen LogP contribution in [0, 0.1) is 6.92 Å². The molecule has 0 bridgehead atoms. The molecule has 0 unspecified atom stereocenters. The summed E-state index contributed by atoms with van der Waals surface area (Å²) in [5.74, 6) is -0.0624. The van der Waals surface area contributed by atoms with Gasteiger partial charge in [-0.15, -0.1) is 0 Å². The van der Waals surface area contributed by atoms with Crippen LogP contribution in [-0.4, -0.2) is 16.2 Å². The van der Waals surface area contributed by atoms with Crippen molar-refractivity contribution in [1.29, 1.82) is 0 Å². The molecule has 0 amide bonds. The Morgan fingerprint density at radius 3 is 2.72 bits per heavy atom. The Morgan fingerprint density at radius 2 is 2.11 bits per heavy atom. The zero-order valence-electron chi connectivity index (χ0n) is 10.1. The van der Waals surface area contributed by atoms with Crippen molar-refractivity contribution in [2.45, 2.75) is 20.3 Å². The number of aryl methyl sites for hydroxylation is 2. The number of carboxylic acid groups (broad SMARTS) is 1. The molecule has 1 heterocycles. The fraction of sp³-hybridized carbons (Fsp3) is 0.231. The fourth-order valence-corrected chi connectivity index (χ4v) is 2.04. The monoisotopic (exact) mass is 247 g/mol. The summed E-state index contributed by atoms with van der Waals surface area (Å²) in [5, 5.41) is 9.13. The summed E-state index contributed by atoms with van der Waals surface area (Å²) in [6.45, 7) is 3.89. The molecule has 94 valence electrons. The molecule has 18 heavy (non-hydrogen) atoms. The maximum atomic E-state index is 12.0. The van der Waals surface area contributed by atoms with Crippen molar-refractivity contribution in [2.24, 2.45) is 0 Å². The highest BCUT2D eigenvalue weighted by molar-refractivity contribution is 5.83. The molecule has 0 saturated carbocycles. The number of H-pyrrole nitrogens is 1. The minimum Gasteiger partial charge on any atom is -0.449 e. The minimum absolute atomic E-state index is 0.0624. The van der Waals surface area contributed by atoms with E-state index >= 15 is 0 Å². The highest BCUT2D eigenvalue weighted by atomic mass is 16.7. The number of rotatable bonds is 2. The molecule has 1 aromatic carbocycles. The van der Waals surface area contributed by atoms with Gasteiger partial charge in [-0.3, -0.25) is 4.79 Å². The molecule has 0 spiro atoms. The lowest BCUT2D eigenvalue weighted by Gasteiger charge is -2.07. The molecule has 0 saturated heterocycles. The predicted octanol–water partition coefficient (Wildman–Crippen LogP) is 2.46. The Kier molecular flexibility index (Phi) is 3.06. The number of benzene rings is 1. The molecule has 1 aromatic heterocycles. The lowest BCUT2D eigenvalue weighted by molar-refractivity contribution is 0.142. The molecule has 0 fully saturated rings. The third-order valence-electron chi connectivity index (χ3n) is 2.71. The second-order valence-electron chi connectivity index (χ2n) is 4.07. The highest BCUT2D eigenvalue weighted by Crippen LogP contribution is 2.19. The topological polar surface area (TPSA) is 79.4 Å². The first-order valence-corrected chi connectivity index (χ1v) is 5.58. The van der Waals surface area contributed by atoms with Gasteiger partial charge in [-0.05, 0) is 30.5 Å². The van der Waals surface area contributed by atoms with E-state index in [0.717, 1.165) is 23.6 Å². The average Bonchev–Trinajstić information content (AvgIpc) is 2.25. The quantitative estimate of drug-likeness (QED) is 0.799. The van der Waals surface area contributed by atoms with Crippen molar-refractivity contribution in [2.75, 3.05) is 0 Å². The minimum atomic E-state index is -1.45. The summed E-state index contributed by atoms with van der Waals surface area (Å²) in [7, 11) is 0. The maximum absolute atomic E-state index is 12.0. The number of aromatic nitrogens is 1. The molecular formula is C13H13NO4. The number of aromatic amines is 1. The van der Waals surface area contributed by atoms with Gasteiger partial charge in [0.05, 0.1) is 5.52 Å². The lowest BCUT2D eigenvalue weighted by atomic mass is 10.0. The highest BCUT2D eigenvalue weighted by Gasteiger charge is 2.09. The number of nitrogens with one attached hydrogen (secondary N) is 1. The normalized spacial score (nSPS) is 10.6. The van der Waals surface area contributed by atoms with E-state index in [2.05, 4.69) is 9.72 Å². The van der Waals surface area contributed by atoms with Crippen LogP contribution < -0.4 is 10.2 Å². The van der Waals surface area contributed by atoms with E-state index in [1.54, 1.807) is 6.07 Å². The van der Waals surface area contributed by atoms with E-state index in [1.165, 1.54) is 0 Å². The van der Waals surface area contributed by atoms with Crippen LogP contribution >= 0.6 is 0 Å². The molecule has 2 rings (SSSR count). The molecule has 2 N–H and O–H groups in total. The van der Waals surface area contributed by atoms with Gasteiger partial charge >= 0.3 is 6.16 Å². The second-order valence-corrected chi connectivity index (χ2v) is 4.07. The Morgan fingerprint density at radius 1 is 1.39 bits per heavy atom. The van der Waals surface area contributed by atoms with Crippen molar-refractivity contribution in [3.63, 3.8) is 0 Å².